The van der Waals surface area contributed by atoms with Crippen molar-refractivity contribution in [3.63, 3.8) is 0 Å². The van der Waals surface area contributed by atoms with Gasteiger partial charge in [-0.15, -0.1) is 0 Å². The minimum Gasteiger partial charge on any atom is -0.329 e. The molecule has 0 bridgehead atoms. The lowest BCUT2D eigenvalue weighted by molar-refractivity contribution is -0.117. The molecule has 0 rings (SSSR count). The number of hydrogen-bond donors (Lipinski definition) is 6. The molecule has 0 aliphatic rings. The van der Waals surface area contributed by atoms with E-state index in [4.69, 9.17) is 17.2 Å². The second kappa shape index (κ2) is 48.6. The normalized spacial score (nSPS) is 11.4. The number of nitrogens with two attached hydrogens (primary N) is 3. The van der Waals surface area contributed by atoms with Crippen LogP contribution in [0.3, 0.4) is 0 Å². The van der Waals surface area contributed by atoms with Crippen LogP contribution in [0, 0.1) is 23.7 Å². The van der Waals surface area contributed by atoms with Crippen molar-refractivity contribution in [2.75, 3.05) is 78.5 Å². The number of ketones is 1. The van der Waals surface area contributed by atoms with Crippen LogP contribution >= 0.6 is 0 Å². The van der Waals surface area contributed by atoms with Gasteiger partial charge in [0, 0.05) is 82.5 Å². The molecule has 0 fully saturated rings. The molecule has 0 heterocycles. The zero-order chi connectivity index (χ0) is 36.2. The van der Waals surface area contributed by atoms with Crippen molar-refractivity contribution in [1.82, 2.24) is 16.0 Å². The number of nitrogens with zero attached hydrogens (tertiary/aromatic N) is 3. The largest absolute Gasteiger partial charge is 0.329 e. The Morgan fingerprint density at radius 1 is 0.449 bits per heavy atom. The molecule has 9 N–H and O–H groups in total. The molecule has 0 atom stereocenters. The topological polar surface area (TPSA) is 168 Å². The van der Waals surface area contributed by atoms with Crippen LogP contribution in [-0.4, -0.2) is 101 Å². The minimum atomic E-state index is 0. The lowest BCUT2D eigenvalue weighted by atomic mass is 10.1. The summed E-state index contributed by atoms with van der Waals surface area (Å²) in [5.74, 6) is 2.93. The molecule has 0 aromatic rings. The van der Waals surface area contributed by atoms with Gasteiger partial charge in [-0.2, -0.15) is 0 Å². The van der Waals surface area contributed by atoms with Crippen molar-refractivity contribution in [3.8, 4) is 0 Å². The maximum absolute atomic E-state index is 10.3. The zero-order valence-electron chi connectivity index (χ0n) is 32.6. The van der Waals surface area contributed by atoms with Crippen molar-refractivity contribution in [2.45, 2.75) is 131 Å². The van der Waals surface area contributed by atoms with Gasteiger partial charge in [0.2, 0.25) is 0 Å². The van der Waals surface area contributed by atoms with Crippen molar-refractivity contribution in [1.29, 1.82) is 0 Å². The standard InChI is InChI=1S/C16H33N3.C10H23N3.C6H12O.C4H13N3.3CH4/c1-13(2)11-15(5)18-9-7-17-8-10-19-16(6)12-14(3)4;1-9(2)8-10(3)13-7-6-12-5-4-11;1-5(2)4-6(3)7;5-1-3-7-4-2-6;;;/h13-14,17H,7-12H2,1-6H3;9,12H,4-8,11H2,1-3H3;5H,4H2,1-3H3;7H,1-6H2;3*1H4. The van der Waals surface area contributed by atoms with E-state index in [1.807, 2.05) is 13.8 Å². The molecule has 0 spiro atoms. The van der Waals surface area contributed by atoms with E-state index in [0.717, 1.165) is 84.6 Å². The third-order valence-electron chi connectivity index (χ3n) is 5.78. The maximum atomic E-state index is 10.3. The molecule has 0 aliphatic carbocycles. The van der Waals surface area contributed by atoms with Crippen molar-refractivity contribution >= 4 is 22.9 Å². The number of aliphatic imine (C=N–C) groups is 3. The van der Waals surface area contributed by atoms with Gasteiger partial charge in [-0.25, -0.2) is 0 Å². The van der Waals surface area contributed by atoms with Gasteiger partial charge in [0.15, 0.2) is 0 Å². The zero-order valence-corrected chi connectivity index (χ0v) is 32.6. The molecule has 0 aliphatic heterocycles. The van der Waals surface area contributed by atoms with E-state index in [1.54, 1.807) is 6.92 Å². The number of nitrogens with one attached hydrogen (secondary N) is 3. The van der Waals surface area contributed by atoms with E-state index in [2.05, 4.69) is 93.2 Å². The summed E-state index contributed by atoms with van der Waals surface area (Å²) < 4.78 is 0. The highest BCUT2D eigenvalue weighted by atomic mass is 16.1. The monoisotopic (exact) mass is 704 g/mol. The van der Waals surface area contributed by atoms with Gasteiger partial charge in [0.05, 0.1) is 19.6 Å². The second-order valence-electron chi connectivity index (χ2n) is 13.6. The lowest BCUT2D eigenvalue weighted by Crippen LogP contribution is -2.27. The first-order chi connectivity index (χ1) is 21.6. The Labute approximate surface area is 308 Å². The predicted molar refractivity (Wildman–Crippen MR) is 228 cm³/mol. The molecule has 49 heavy (non-hydrogen) atoms. The lowest BCUT2D eigenvalue weighted by Gasteiger charge is -2.06. The summed E-state index contributed by atoms with van der Waals surface area (Å²) in [6.07, 6.45) is 4.05. The van der Waals surface area contributed by atoms with Gasteiger partial charge in [0.1, 0.15) is 5.78 Å². The van der Waals surface area contributed by atoms with Gasteiger partial charge in [-0.1, -0.05) is 77.7 Å². The first-order valence-electron chi connectivity index (χ1n) is 17.8. The summed E-state index contributed by atoms with van der Waals surface area (Å²) in [7, 11) is 0. The van der Waals surface area contributed by atoms with Gasteiger partial charge in [0.25, 0.3) is 0 Å². The first kappa shape index (κ1) is 62.6. The SMILES string of the molecule is C.C.C.CC(=O)CC(C)C.CC(CC(C)C)=NCCNCCN.CC(CC(C)C)=NCCNCCN=C(C)CC(C)C.NCCNCCN. The molecule has 0 aromatic carbocycles. The van der Waals surface area contributed by atoms with E-state index in [0.29, 0.717) is 43.3 Å². The summed E-state index contributed by atoms with van der Waals surface area (Å²) in [6.45, 7) is 35.6. The molecule has 10 heteroatoms. The number of hydrogen-bond acceptors (Lipinski definition) is 10. The average molecular weight is 704 g/mol. The van der Waals surface area contributed by atoms with Crippen LogP contribution in [-0.2, 0) is 4.79 Å². The number of carbonyl (C=O) groups excluding carboxylic acids is 1. The van der Waals surface area contributed by atoms with Gasteiger partial charge in [-0.3, -0.25) is 15.0 Å². The summed E-state index contributed by atoms with van der Waals surface area (Å²) in [5, 5.41) is 9.63. The third kappa shape index (κ3) is 73.0. The first-order valence-corrected chi connectivity index (χ1v) is 17.8. The van der Waals surface area contributed by atoms with Gasteiger partial charge in [-0.05, 0) is 70.6 Å². The molecular weight excluding hydrogens is 610 g/mol. The predicted octanol–water partition coefficient (Wildman–Crippen LogP) is 6.65. The fraction of sp³-hybridized carbons (Fsp3) is 0.897. The molecule has 0 unspecified atom stereocenters. The molecule has 300 valence electrons. The average Bonchev–Trinajstić information content (AvgIpc) is 2.92. The second-order valence-corrected chi connectivity index (χ2v) is 13.6. The smallest absolute Gasteiger partial charge is 0.130 e. The Morgan fingerprint density at radius 2 is 0.673 bits per heavy atom. The number of carbonyl (C=O) groups is 1. The van der Waals surface area contributed by atoms with Crippen LogP contribution in [0.4, 0.5) is 0 Å². The van der Waals surface area contributed by atoms with E-state index in [1.165, 1.54) is 17.1 Å². The Morgan fingerprint density at radius 3 is 0.857 bits per heavy atom. The fourth-order valence-electron chi connectivity index (χ4n) is 4.20. The highest BCUT2D eigenvalue weighted by Crippen LogP contribution is 2.02. The Bertz CT molecular complexity index is 702. The summed E-state index contributed by atoms with van der Waals surface area (Å²) >= 11 is 0. The molecule has 0 amide bonds. The van der Waals surface area contributed by atoms with E-state index in [-0.39, 0.29) is 28.1 Å². The van der Waals surface area contributed by atoms with Gasteiger partial charge < -0.3 is 37.9 Å². The van der Waals surface area contributed by atoms with Crippen LogP contribution in [0.5, 0.6) is 0 Å². The molecular formula is C39H93N9O. The quantitative estimate of drug-likeness (QED) is 0.0511. The van der Waals surface area contributed by atoms with E-state index < -0.39 is 0 Å². The summed E-state index contributed by atoms with van der Waals surface area (Å²) in [5.41, 5.74) is 19.5. The molecule has 10 nitrogen and oxygen atoms in total. The third-order valence-corrected chi connectivity index (χ3v) is 5.78. The molecule has 0 saturated heterocycles. The van der Waals surface area contributed by atoms with Crippen LogP contribution in [0.1, 0.15) is 131 Å². The fourth-order valence-corrected chi connectivity index (χ4v) is 4.20. The maximum Gasteiger partial charge on any atom is 0.130 e. The van der Waals surface area contributed by atoms with Crippen LogP contribution < -0.4 is 33.2 Å². The van der Waals surface area contributed by atoms with E-state index >= 15 is 0 Å². The highest BCUT2D eigenvalue weighted by Gasteiger charge is 1.98. The van der Waals surface area contributed by atoms with E-state index in [9.17, 15) is 4.79 Å². The van der Waals surface area contributed by atoms with Crippen molar-refractivity contribution in [2.24, 2.45) is 55.8 Å². The van der Waals surface area contributed by atoms with Crippen LogP contribution in [0.25, 0.3) is 0 Å². The van der Waals surface area contributed by atoms with Gasteiger partial charge >= 0.3 is 0 Å². The highest BCUT2D eigenvalue weighted by molar-refractivity contribution is 5.82. The van der Waals surface area contributed by atoms with Crippen LogP contribution in [0.2, 0.25) is 0 Å². The Kier molecular flexibility index (Phi) is 62.0. The number of rotatable bonds is 23. The molecule has 0 aromatic heterocycles. The number of Topliss-reactive ketones (excluding diaryl/α,β-unsaturated/α-hetero) is 1. The summed E-state index contributed by atoms with van der Waals surface area (Å²) in [4.78, 5) is 23.8. The Hall–Kier alpha value is -1.56. The molecule has 0 radical (unpaired) electrons. The van der Waals surface area contributed by atoms with Crippen molar-refractivity contribution < 1.29 is 4.79 Å². The van der Waals surface area contributed by atoms with Crippen LogP contribution in [0.15, 0.2) is 15.0 Å². The Balaban J connectivity index is -0.000000102. The molecule has 0 saturated carbocycles. The minimum absolute atomic E-state index is 0. The summed E-state index contributed by atoms with van der Waals surface area (Å²) in [6, 6.07) is 0. The van der Waals surface area contributed by atoms with Crippen molar-refractivity contribution in [3.05, 3.63) is 0 Å².